The Labute approximate surface area is 155 Å². The van der Waals surface area contributed by atoms with E-state index in [4.69, 9.17) is 0 Å². The van der Waals surface area contributed by atoms with E-state index >= 15 is 0 Å². The van der Waals surface area contributed by atoms with E-state index in [0.717, 1.165) is 49.2 Å². The summed E-state index contributed by atoms with van der Waals surface area (Å²) < 4.78 is 0. The Morgan fingerprint density at radius 2 is 1.85 bits per heavy atom. The standard InChI is InChI=1S/C18H28N8/c1-24(2)17-8-16(21-13-22-17)23-15-6-5-7-26(12-15)11-14-9-19-18(20-10-14)25(3)4/h8-10,13,15H,5-7,11-12H2,1-4H3,(H,21,22,23). The molecule has 2 aromatic heterocycles. The van der Waals surface area contributed by atoms with E-state index in [9.17, 15) is 0 Å². The van der Waals surface area contributed by atoms with Crippen molar-refractivity contribution >= 4 is 17.6 Å². The lowest BCUT2D eigenvalue weighted by Gasteiger charge is -2.33. The first-order chi connectivity index (χ1) is 12.5. The number of likely N-dealkylation sites (tertiary alicyclic amines) is 1. The summed E-state index contributed by atoms with van der Waals surface area (Å²) in [7, 11) is 7.87. The Morgan fingerprint density at radius 3 is 2.54 bits per heavy atom. The third-order valence-corrected chi connectivity index (χ3v) is 4.47. The quantitative estimate of drug-likeness (QED) is 0.834. The molecule has 140 valence electrons. The molecule has 2 aromatic rings. The minimum absolute atomic E-state index is 0.385. The summed E-state index contributed by atoms with van der Waals surface area (Å²) in [6.45, 7) is 2.95. The zero-order valence-electron chi connectivity index (χ0n) is 16.1. The van der Waals surface area contributed by atoms with Gasteiger partial charge in [-0.25, -0.2) is 19.9 Å². The van der Waals surface area contributed by atoms with Gasteiger partial charge in [0.15, 0.2) is 0 Å². The van der Waals surface area contributed by atoms with Gasteiger partial charge in [0, 0.05) is 71.3 Å². The first-order valence-electron chi connectivity index (χ1n) is 8.98. The molecule has 1 fully saturated rings. The van der Waals surface area contributed by atoms with Gasteiger partial charge in [0.1, 0.15) is 18.0 Å². The predicted octanol–water partition coefficient (Wildman–Crippen LogP) is 1.48. The molecule has 0 spiro atoms. The summed E-state index contributed by atoms with van der Waals surface area (Å²) in [6, 6.07) is 2.38. The van der Waals surface area contributed by atoms with Crippen molar-refractivity contribution in [2.24, 2.45) is 0 Å². The summed E-state index contributed by atoms with van der Waals surface area (Å²) in [5, 5.41) is 3.56. The van der Waals surface area contributed by atoms with Crippen molar-refractivity contribution in [1.82, 2.24) is 24.8 Å². The summed E-state index contributed by atoms with van der Waals surface area (Å²) in [4.78, 5) is 23.8. The van der Waals surface area contributed by atoms with Crippen LogP contribution in [0.5, 0.6) is 0 Å². The van der Waals surface area contributed by atoms with Crippen LogP contribution in [0.1, 0.15) is 18.4 Å². The Kier molecular flexibility index (Phi) is 5.82. The maximum absolute atomic E-state index is 4.41. The second kappa shape index (κ2) is 8.27. The summed E-state index contributed by atoms with van der Waals surface area (Å²) in [6.07, 6.45) is 7.77. The van der Waals surface area contributed by atoms with Crippen LogP contribution in [0, 0.1) is 0 Å². The molecule has 3 rings (SSSR count). The average Bonchev–Trinajstić information content (AvgIpc) is 2.62. The summed E-state index contributed by atoms with van der Waals surface area (Å²) >= 11 is 0. The third-order valence-electron chi connectivity index (χ3n) is 4.47. The van der Waals surface area contributed by atoms with Crippen LogP contribution in [0.3, 0.4) is 0 Å². The number of piperidine rings is 1. The van der Waals surface area contributed by atoms with Crippen LogP contribution >= 0.6 is 0 Å². The van der Waals surface area contributed by atoms with Crippen LogP contribution in [-0.2, 0) is 6.54 Å². The molecule has 8 nitrogen and oxygen atoms in total. The van der Waals surface area contributed by atoms with Gasteiger partial charge in [-0.05, 0) is 19.4 Å². The fourth-order valence-electron chi connectivity index (χ4n) is 3.12. The Balaban J connectivity index is 1.58. The van der Waals surface area contributed by atoms with Crippen molar-refractivity contribution in [2.75, 3.05) is 56.4 Å². The largest absolute Gasteiger partial charge is 0.366 e. The van der Waals surface area contributed by atoms with Gasteiger partial charge in [-0.2, -0.15) is 0 Å². The Bertz CT molecular complexity index is 701. The lowest BCUT2D eigenvalue weighted by Crippen LogP contribution is -2.41. The van der Waals surface area contributed by atoms with Crippen molar-refractivity contribution in [1.29, 1.82) is 0 Å². The van der Waals surface area contributed by atoms with Crippen LogP contribution in [0.25, 0.3) is 0 Å². The average molecular weight is 356 g/mol. The van der Waals surface area contributed by atoms with Crippen LogP contribution < -0.4 is 15.1 Å². The zero-order valence-corrected chi connectivity index (χ0v) is 16.1. The molecule has 1 atom stereocenters. The molecule has 1 aliphatic heterocycles. The highest BCUT2D eigenvalue weighted by Crippen LogP contribution is 2.18. The highest BCUT2D eigenvalue weighted by Gasteiger charge is 2.20. The molecular formula is C18H28N8. The molecule has 3 heterocycles. The Hall–Kier alpha value is -2.48. The van der Waals surface area contributed by atoms with Gasteiger partial charge in [-0.1, -0.05) is 0 Å². The highest BCUT2D eigenvalue weighted by molar-refractivity contribution is 5.47. The maximum atomic E-state index is 4.41. The van der Waals surface area contributed by atoms with Crippen LogP contribution in [0.4, 0.5) is 17.6 Å². The number of rotatable bonds is 6. The monoisotopic (exact) mass is 356 g/mol. The summed E-state index contributed by atoms with van der Waals surface area (Å²) in [5.41, 5.74) is 1.15. The van der Waals surface area contributed by atoms with E-state index in [2.05, 4.69) is 30.2 Å². The SMILES string of the molecule is CN(C)c1cc(NC2CCCN(Cc3cnc(N(C)C)nc3)C2)ncn1. The van der Waals surface area contributed by atoms with Crippen molar-refractivity contribution < 1.29 is 0 Å². The number of hydrogen-bond acceptors (Lipinski definition) is 8. The minimum Gasteiger partial charge on any atom is -0.366 e. The van der Waals surface area contributed by atoms with Gasteiger partial charge in [0.25, 0.3) is 0 Å². The zero-order chi connectivity index (χ0) is 18.5. The van der Waals surface area contributed by atoms with Gasteiger partial charge in [-0.15, -0.1) is 0 Å². The number of nitrogens with zero attached hydrogens (tertiary/aromatic N) is 7. The molecule has 1 aliphatic rings. The number of aromatic nitrogens is 4. The number of nitrogens with one attached hydrogen (secondary N) is 1. The van der Waals surface area contributed by atoms with Crippen LogP contribution in [0.2, 0.25) is 0 Å². The van der Waals surface area contributed by atoms with E-state index in [-0.39, 0.29) is 0 Å². The predicted molar refractivity (Wildman–Crippen MR) is 105 cm³/mol. The molecule has 8 heteroatoms. The minimum atomic E-state index is 0.385. The molecule has 1 N–H and O–H groups in total. The number of hydrogen-bond donors (Lipinski definition) is 1. The van der Waals surface area contributed by atoms with E-state index in [1.165, 1.54) is 6.42 Å². The molecule has 1 unspecified atom stereocenters. The molecule has 1 saturated heterocycles. The first kappa shape index (κ1) is 18.3. The van der Waals surface area contributed by atoms with Gasteiger partial charge in [0.05, 0.1) is 0 Å². The van der Waals surface area contributed by atoms with E-state index in [1.54, 1.807) is 6.33 Å². The highest BCUT2D eigenvalue weighted by atomic mass is 15.2. The lowest BCUT2D eigenvalue weighted by atomic mass is 10.1. The second-order valence-electron chi connectivity index (χ2n) is 7.16. The third kappa shape index (κ3) is 4.78. The normalized spacial score (nSPS) is 17.8. The molecule has 0 aliphatic carbocycles. The molecule has 0 bridgehead atoms. The second-order valence-corrected chi connectivity index (χ2v) is 7.16. The van der Waals surface area contributed by atoms with Crippen molar-refractivity contribution in [3.05, 3.63) is 30.4 Å². The van der Waals surface area contributed by atoms with Gasteiger partial charge < -0.3 is 15.1 Å². The van der Waals surface area contributed by atoms with E-state index in [1.807, 2.05) is 56.5 Å². The van der Waals surface area contributed by atoms with Crippen LogP contribution in [-0.4, -0.2) is 72.2 Å². The van der Waals surface area contributed by atoms with Crippen LogP contribution in [0.15, 0.2) is 24.8 Å². The smallest absolute Gasteiger partial charge is 0.224 e. The van der Waals surface area contributed by atoms with Crippen molar-refractivity contribution in [3.8, 4) is 0 Å². The Morgan fingerprint density at radius 1 is 1.08 bits per heavy atom. The molecule has 26 heavy (non-hydrogen) atoms. The molecule has 0 radical (unpaired) electrons. The topological polar surface area (TPSA) is 73.3 Å². The first-order valence-corrected chi connectivity index (χ1v) is 8.98. The fourth-order valence-corrected chi connectivity index (χ4v) is 3.12. The van der Waals surface area contributed by atoms with Crippen molar-refractivity contribution in [2.45, 2.75) is 25.4 Å². The van der Waals surface area contributed by atoms with Gasteiger partial charge in [-0.3, -0.25) is 4.90 Å². The number of anilines is 3. The molecule has 0 amide bonds. The molecule has 0 aromatic carbocycles. The molecular weight excluding hydrogens is 328 g/mol. The lowest BCUT2D eigenvalue weighted by molar-refractivity contribution is 0.208. The van der Waals surface area contributed by atoms with Crippen molar-refractivity contribution in [3.63, 3.8) is 0 Å². The molecule has 0 saturated carbocycles. The van der Waals surface area contributed by atoms with E-state index < -0.39 is 0 Å². The fraction of sp³-hybridized carbons (Fsp3) is 0.556. The van der Waals surface area contributed by atoms with Gasteiger partial charge >= 0.3 is 0 Å². The van der Waals surface area contributed by atoms with E-state index in [0.29, 0.717) is 6.04 Å². The van der Waals surface area contributed by atoms with Gasteiger partial charge in [0.2, 0.25) is 5.95 Å². The maximum Gasteiger partial charge on any atom is 0.224 e. The summed E-state index contributed by atoms with van der Waals surface area (Å²) in [5.74, 6) is 2.54.